The van der Waals surface area contributed by atoms with Crippen molar-refractivity contribution < 1.29 is 9.59 Å². The Morgan fingerprint density at radius 2 is 1.46 bits per heavy atom. The van der Waals surface area contributed by atoms with Crippen LogP contribution in [-0.2, 0) is 4.79 Å². The third-order valence-corrected chi connectivity index (χ3v) is 7.14. The van der Waals surface area contributed by atoms with Gasteiger partial charge in [0, 0.05) is 11.6 Å². The van der Waals surface area contributed by atoms with Gasteiger partial charge in [0.2, 0.25) is 5.91 Å². The molecular weight excluding hydrogens is 324 g/mol. The van der Waals surface area contributed by atoms with Crippen LogP contribution in [0, 0.1) is 23.2 Å². The van der Waals surface area contributed by atoms with Crippen molar-refractivity contribution in [3.8, 4) is 0 Å². The predicted molar refractivity (Wildman–Crippen MR) is 102 cm³/mol. The highest BCUT2D eigenvalue weighted by molar-refractivity contribution is 5.97. The topological polar surface area (TPSA) is 58.2 Å². The van der Waals surface area contributed by atoms with Crippen molar-refractivity contribution in [3.05, 3.63) is 35.9 Å². The molecule has 2 atom stereocenters. The zero-order valence-electron chi connectivity index (χ0n) is 15.8. The molecule has 26 heavy (non-hydrogen) atoms. The second kappa shape index (κ2) is 6.71. The molecule has 1 aromatic rings. The Bertz CT molecular complexity index is 649. The van der Waals surface area contributed by atoms with Crippen LogP contribution >= 0.6 is 0 Å². The SMILES string of the molecule is CC(NC(=O)c1ccccc1)C(=O)NC(C)C12CC3CC(CC(C3)C1)C2. The van der Waals surface area contributed by atoms with Gasteiger partial charge in [0.1, 0.15) is 6.04 Å². The molecule has 2 N–H and O–H groups in total. The molecule has 4 aliphatic rings. The second-order valence-electron chi connectivity index (χ2n) is 9.07. The maximum Gasteiger partial charge on any atom is 0.251 e. The lowest BCUT2D eigenvalue weighted by Crippen LogP contribution is -2.58. The highest BCUT2D eigenvalue weighted by Gasteiger charge is 2.53. The molecule has 4 bridgehead atoms. The van der Waals surface area contributed by atoms with Crippen LogP contribution in [0.25, 0.3) is 0 Å². The summed E-state index contributed by atoms with van der Waals surface area (Å²) in [7, 11) is 0. The molecule has 0 saturated heterocycles. The van der Waals surface area contributed by atoms with Gasteiger partial charge in [-0.05, 0) is 87.7 Å². The van der Waals surface area contributed by atoms with E-state index in [4.69, 9.17) is 0 Å². The fourth-order valence-corrected chi connectivity index (χ4v) is 6.13. The fraction of sp³-hybridized carbons (Fsp3) is 0.636. The Kier molecular flexibility index (Phi) is 4.54. The van der Waals surface area contributed by atoms with Crippen molar-refractivity contribution >= 4 is 11.8 Å². The van der Waals surface area contributed by atoms with Gasteiger partial charge in [0.25, 0.3) is 5.91 Å². The van der Waals surface area contributed by atoms with Crippen molar-refractivity contribution in [2.75, 3.05) is 0 Å². The quantitative estimate of drug-likeness (QED) is 0.850. The van der Waals surface area contributed by atoms with Gasteiger partial charge in [-0.3, -0.25) is 9.59 Å². The van der Waals surface area contributed by atoms with Crippen LogP contribution in [0.5, 0.6) is 0 Å². The highest BCUT2D eigenvalue weighted by atomic mass is 16.2. The number of hydrogen-bond donors (Lipinski definition) is 2. The largest absolute Gasteiger partial charge is 0.351 e. The van der Waals surface area contributed by atoms with Crippen LogP contribution in [0.1, 0.15) is 62.7 Å². The van der Waals surface area contributed by atoms with E-state index >= 15 is 0 Å². The van der Waals surface area contributed by atoms with Crippen LogP contribution in [0.4, 0.5) is 0 Å². The molecule has 0 radical (unpaired) electrons. The van der Waals surface area contributed by atoms with E-state index in [1.54, 1.807) is 19.1 Å². The van der Waals surface area contributed by atoms with Crippen LogP contribution in [-0.4, -0.2) is 23.9 Å². The smallest absolute Gasteiger partial charge is 0.251 e. The Labute approximate surface area is 156 Å². The molecule has 4 fully saturated rings. The van der Waals surface area contributed by atoms with Gasteiger partial charge in [0.05, 0.1) is 0 Å². The summed E-state index contributed by atoms with van der Waals surface area (Å²) in [6.07, 6.45) is 8.03. The van der Waals surface area contributed by atoms with Gasteiger partial charge >= 0.3 is 0 Å². The van der Waals surface area contributed by atoms with Crippen molar-refractivity contribution in [2.45, 2.75) is 64.5 Å². The summed E-state index contributed by atoms with van der Waals surface area (Å²) in [4.78, 5) is 25.0. The van der Waals surface area contributed by atoms with Crippen molar-refractivity contribution in [1.82, 2.24) is 10.6 Å². The summed E-state index contributed by atoms with van der Waals surface area (Å²) in [5, 5.41) is 6.06. The van der Waals surface area contributed by atoms with Gasteiger partial charge in [-0.15, -0.1) is 0 Å². The summed E-state index contributed by atoms with van der Waals surface area (Å²) >= 11 is 0. The summed E-state index contributed by atoms with van der Waals surface area (Å²) in [5.41, 5.74) is 0.870. The van der Waals surface area contributed by atoms with Gasteiger partial charge < -0.3 is 10.6 Å². The lowest BCUT2D eigenvalue weighted by Gasteiger charge is -2.59. The number of benzene rings is 1. The average Bonchev–Trinajstić information content (AvgIpc) is 2.61. The number of nitrogens with one attached hydrogen (secondary N) is 2. The first kappa shape index (κ1) is 17.6. The molecule has 5 rings (SSSR count). The van der Waals surface area contributed by atoms with Gasteiger partial charge in [0.15, 0.2) is 0 Å². The number of hydrogen-bond acceptors (Lipinski definition) is 2. The Morgan fingerprint density at radius 1 is 0.923 bits per heavy atom. The van der Waals surface area contributed by atoms with Gasteiger partial charge in [-0.1, -0.05) is 18.2 Å². The minimum absolute atomic E-state index is 0.0717. The van der Waals surface area contributed by atoms with E-state index in [0.29, 0.717) is 5.56 Å². The summed E-state index contributed by atoms with van der Waals surface area (Å²) in [5.74, 6) is 2.34. The molecule has 2 amide bonds. The van der Waals surface area contributed by atoms with Gasteiger partial charge in [-0.25, -0.2) is 0 Å². The Balaban J connectivity index is 1.36. The molecule has 0 heterocycles. The normalized spacial score (nSPS) is 34.2. The lowest BCUT2D eigenvalue weighted by molar-refractivity contribution is -0.127. The highest BCUT2D eigenvalue weighted by Crippen LogP contribution is 2.61. The zero-order chi connectivity index (χ0) is 18.3. The second-order valence-corrected chi connectivity index (χ2v) is 9.07. The predicted octanol–water partition coefficient (Wildman–Crippen LogP) is 3.53. The molecule has 140 valence electrons. The van der Waals surface area contributed by atoms with E-state index in [0.717, 1.165) is 17.8 Å². The van der Waals surface area contributed by atoms with Crippen molar-refractivity contribution in [1.29, 1.82) is 0 Å². The van der Waals surface area contributed by atoms with E-state index < -0.39 is 6.04 Å². The third kappa shape index (κ3) is 3.26. The summed E-state index contributed by atoms with van der Waals surface area (Å²) < 4.78 is 0. The minimum atomic E-state index is -0.529. The van der Waals surface area contributed by atoms with E-state index in [1.807, 2.05) is 18.2 Å². The molecule has 0 aromatic heterocycles. The molecule has 4 nitrogen and oxygen atoms in total. The maximum absolute atomic E-state index is 12.7. The number of amides is 2. The molecule has 4 aliphatic carbocycles. The lowest BCUT2D eigenvalue weighted by atomic mass is 9.48. The number of carbonyl (C=O) groups is 2. The molecule has 0 aliphatic heterocycles. The van der Waals surface area contributed by atoms with E-state index in [2.05, 4.69) is 17.6 Å². The first-order valence-corrected chi connectivity index (χ1v) is 10.1. The number of carbonyl (C=O) groups excluding carboxylic acids is 2. The van der Waals surface area contributed by atoms with Crippen LogP contribution in [0.15, 0.2) is 30.3 Å². The van der Waals surface area contributed by atoms with Crippen molar-refractivity contribution in [2.24, 2.45) is 23.2 Å². The molecule has 0 spiro atoms. The molecule has 2 unspecified atom stereocenters. The summed E-state index contributed by atoms with van der Waals surface area (Å²) in [6.45, 7) is 3.94. The van der Waals surface area contributed by atoms with Crippen LogP contribution in [0.2, 0.25) is 0 Å². The maximum atomic E-state index is 12.7. The standard InChI is InChI=1S/C22H30N2O2/c1-14(23-21(26)19-6-4-3-5-7-19)20(25)24-15(2)22-11-16-8-17(12-22)10-18(9-16)13-22/h3-7,14-18H,8-13H2,1-2H3,(H,23,26)(H,24,25). The first-order chi connectivity index (χ1) is 12.4. The van der Waals surface area contributed by atoms with Crippen molar-refractivity contribution in [3.63, 3.8) is 0 Å². The molecule has 1 aromatic carbocycles. The minimum Gasteiger partial charge on any atom is -0.351 e. The fourth-order valence-electron chi connectivity index (χ4n) is 6.13. The van der Waals surface area contributed by atoms with Crippen LogP contribution < -0.4 is 10.6 Å². The molecule has 4 heteroatoms. The third-order valence-electron chi connectivity index (χ3n) is 7.14. The van der Waals surface area contributed by atoms with Gasteiger partial charge in [-0.2, -0.15) is 0 Å². The van der Waals surface area contributed by atoms with E-state index in [-0.39, 0.29) is 23.3 Å². The average molecular weight is 354 g/mol. The molecule has 4 saturated carbocycles. The van der Waals surface area contributed by atoms with E-state index in [1.165, 1.54) is 38.5 Å². The first-order valence-electron chi connectivity index (χ1n) is 10.1. The van der Waals surface area contributed by atoms with E-state index in [9.17, 15) is 9.59 Å². The Hall–Kier alpha value is -1.84. The number of rotatable bonds is 5. The van der Waals surface area contributed by atoms with Crippen LogP contribution in [0.3, 0.4) is 0 Å². The zero-order valence-corrected chi connectivity index (χ0v) is 15.8. The molecular formula is C22H30N2O2. The Morgan fingerprint density at radius 3 is 2.00 bits per heavy atom. The monoisotopic (exact) mass is 354 g/mol. The summed E-state index contributed by atoms with van der Waals surface area (Å²) in [6, 6.07) is 8.71.